The predicted octanol–water partition coefficient (Wildman–Crippen LogP) is 3.90. The predicted molar refractivity (Wildman–Crippen MR) is 91.9 cm³/mol. The number of hydrogen-bond acceptors (Lipinski definition) is 4. The minimum atomic E-state index is -0.939. The Morgan fingerprint density at radius 2 is 1.92 bits per heavy atom. The molecule has 1 aromatic carbocycles. The van der Waals surface area contributed by atoms with Gasteiger partial charge in [-0.1, -0.05) is 30.3 Å². The normalized spacial score (nSPS) is 13.0. The molecule has 0 bridgehead atoms. The maximum atomic E-state index is 12.7. The number of pyridine rings is 1. The molecule has 1 atom stereocenters. The quantitative estimate of drug-likeness (QED) is 0.776. The Hall–Kier alpha value is -2.66. The standard InChI is InChI=1S/C19H20N2O3/c1-19(2,3)24-18(23)21-15-9-10-20-12-14(15)11-16(21)17(22)13-7-5-4-6-8-13/h4-12,17,22H,1-3H3. The van der Waals surface area contributed by atoms with Crippen LogP contribution in [0, 0.1) is 0 Å². The molecular formula is C19H20N2O3. The summed E-state index contributed by atoms with van der Waals surface area (Å²) in [6, 6.07) is 12.7. The van der Waals surface area contributed by atoms with E-state index in [4.69, 9.17) is 4.74 Å². The molecule has 124 valence electrons. The number of aromatic nitrogens is 2. The lowest BCUT2D eigenvalue weighted by Gasteiger charge is -2.22. The molecule has 0 saturated heterocycles. The van der Waals surface area contributed by atoms with Gasteiger partial charge in [0, 0.05) is 17.8 Å². The van der Waals surface area contributed by atoms with Crippen LogP contribution < -0.4 is 0 Å². The van der Waals surface area contributed by atoms with E-state index in [1.807, 2.05) is 51.1 Å². The Bertz CT molecular complexity index is 863. The van der Waals surface area contributed by atoms with Gasteiger partial charge >= 0.3 is 6.09 Å². The number of ether oxygens (including phenoxy) is 1. The van der Waals surface area contributed by atoms with Crippen LogP contribution in [0.25, 0.3) is 10.9 Å². The molecular weight excluding hydrogens is 304 g/mol. The Morgan fingerprint density at radius 1 is 1.21 bits per heavy atom. The van der Waals surface area contributed by atoms with Gasteiger partial charge < -0.3 is 9.84 Å². The van der Waals surface area contributed by atoms with Crippen molar-refractivity contribution in [3.8, 4) is 0 Å². The fraction of sp³-hybridized carbons (Fsp3) is 0.263. The first-order valence-corrected chi connectivity index (χ1v) is 7.78. The summed E-state index contributed by atoms with van der Waals surface area (Å²) in [6.45, 7) is 5.43. The molecule has 0 aliphatic heterocycles. The van der Waals surface area contributed by atoms with Crippen LogP contribution in [0.1, 0.15) is 38.1 Å². The van der Waals surface area contributed by atoms with Crippen LogP contribution in [0.2, 0.25) is 0 Å². The Morgan fingerprint density at radius 3 is 2.58 bits per heavy atom. The molecule has 0 radical (unpaired) electrons. The first-order chi connectivity index (χ1) is 11.4. The highest BCUT2D eigenvalue weighted by molar-refractivity contribution is 5.90. The molecule has 0 aliphatic rings. The molecule has 24 heavy (non-hydrogen) atoms. The topological polar surface area (TPSA) is 64.3 Å². The average molecular weight is 324 g/mol. The third-order valence-corrected chi connectivity index (χ3v) is 3.60. The molecule has 2 aromatic heterocycles. The third-order valence-electron chi connectivity index (χ3n) is 3.60. The van der Waals surface area contributed by atoms with Gasteiger partial charge in [-0.3, -0.25) is 4.98 Å². The number of carbonyl (C=O) groups is 1. The summed E-state index contributed by atoms with van der Waals surface area (Å²) in [5.41, 5.74) is 1.19. The zero-order valence-corrected chi connectivity index (χ0v) is 13.9. The zero-order chi connectivity index (χ0) is 17.3. The molecule has 3 rings (SSSR count). The monoisotopic (exact) mass is 324 g/mol. The fourth-order valence-corrected chi connectivity index (χ4v) is 2.60. The summed E-state index contributed by atoms with van der Waals surface area (Å²) < 4.78 is 6.93. The molecule has 5 nitrogen and oxygen atoms in total. The molecule has 2 heterocycles. The van der Waals surface area contributed by atoms with Crippen molar-refractivity contribution in [2.75, 3.05) is 0 Å². The van der Waals surface area contributed by atoms with E-state index in [9.17, 15) is 9.90 Å². The van der Waals surface area contributed by atoms with Crippen molar-refractivity contribution < 1.29 is 14.6 Å². The van der Waals surface area contributed by atoms with E-state index >= 15 is 0 Å². The number of aliphatic hydroxyl groups is 1. The summed E-state index contributed by atoms with van der Waals surface area (Å²) in [5.74, 6) is 0. The van der Waals surface area contributed by atoms with Crippen molar-refractivity contribution >= 4 is 17.0 Å². The zero-order valence-electron chi connectivity index (χ0n) is 13.9. The van der Waals surface area contributed by atoms with Gasteiger partial charge in [0.25, 0.3) is 0 Å². The number of hydrogen-bond donors (Lipinski definition) is 1. The largest absolute Gasteiger partial charge is 0.443 e. The van der Waals surface area contributed by atoms with Gasteiger partial charge in [0.05, 0.1) is 11.2 Å². The van der Waals surface area contributed by atoms with Crippen molar-refractivity contribution in [2.24, 2.45) is 0 Å². The second-order valence-electron chi connectivity index (χ2n) is 6.63. The minimum Gasteiger partial charge on any atom is -0.443 e. The maximum Gasteiger partial charge on any atom is 0.419 e. The van der Waals surface area contributed by atoms with Crippen LogP contribution in [-0.4, -0.2) is 26.4 Å². The van der Waals surface area contributed by atoms with Gasteiger partial charge in [-0.2, -0.15) is 0 Å². The lowest BCUT2D eigenvalue weighted by atomic mass is 10.1. The van der Waals surface area contributed by atoms with E-state index in [2.05, 4.69) is 4.98 Å². The van der Waals surface area contributed by atoms with Gasteiger partial charge in [-0.05, 0) is 38.5 Å². The van der Waals surface area contributed by atoms with Crippen LogP contribution in [0.15, 0.2) is 54.9 Å². The van der Waals surface area contributed by atoms with E-state index in [1.54, 1.807) is 24.5 Å². The summed E-state index contributed by atoms with van der Waals surface area (Å²) in [5, 5.41) is 11.5. The highest BCUT2D eigenvalue weighted by Crippen LogP contribution is 2.29. The Kier molecular flexibility index (Phi) is 4.11. The fourth-order valence-electron chi connectivity index (χ4n) is 2.60. The van der Waals surface area contributed by atoms with Gasteiger partial charge in [0.1, 0.15) is 11.7 Å². The van der Waals surface area contributed by atoms with E-state index < -0.39 is 17.8 Å². The third kappa shape index (κ3) is 3.16. The Labute approximate surface area is 140 Å². The van der Waals surface area contributed by atoms with E-state index in [-0.39, 0.29) is 0 Å². The summed E-state index contributed by atoms with van der Waals surface area (Å²) >= 11 is 0. The molecule has 1 unspecified atom stereocenters. The number of benzene rings is 1. The summed E-state index contributed by atoms with van der Waals surface area (Å²) in [6.07, 6.45) is 1.82. The van der Waals surface area contributed by atoms with Gasteiger partial charge in [-0.15, -0.1) is 0 Å². The van der Waals surface area contributed by atoms with Crippen molar-refractivity contribution in [1.29, 1.82) is 0 Å². The molecule has 0 fully saturated rings. The molecule has 0 spiro atoms. The van der Waals surface area contributed by atoms with Gasteiger partial charge in [-0.25, -0.2) is 9.36 Å². The van der Waals surface area contributed by atoms with Crippen molar-refractivity contribution in [3.63, 3.8) is 0 Å². The first kappa shape index (κ1) is 16.2. The highest BCUT2D eigenvalue weighted by Gasteiger charge is 2.25. The highest BCUT2D eigenvalue weighted by atomic mass is 16.6. The SMILES string of the molecule is CC(C)(C)OC(=O)n1c(C(O)c2ccccc2)cc2cnccc21. The minimum absolute atomic E-state index is 0.457. The van der Waals surface area contributed by atoms with Gasteiger partial charge in [0.2, 0.25) is 0 Å². The van der Waals surface area contributed by atoms with Crippen LogP contribution in [0.3, 0.4) is 0 Å². The molecule has 5 heteroatoms. The number of aliphatic hydroxyl groups excluding tert-OH is 1. The van der Waals surface area contributed by atoms with Crippen LogP contribution >= 0.6 is 0 Å². The molecule has 3 aromatic rings. The van der Waals surface area contributed by atoms with Crippen molar-refractivity contribution in [2.45, 2.75) is 32.5 Å². The second-order valence-corrected chi connectivity index (χ2v) is 6.63. The number of rotatable bonds is 2. The van der Waals surface area contributed by atoms with Crippen molar-refractivity contribution in [3.05, 3.63) is 66.1 Å². The van der Waals surface area contributed by atoms with Crippen LogP contribution in [0.4, 0.5) is 4.79 Å². The van der Waals surface area contributed by atoms with E-state index in [0.717, 1.165) is 5.39 Å². The summed E-state index contributed by atoms with van der Waals surface area (Å²) in [4.78, 5) is 16.8. The number of fused-ring (bicyclic) bond motifs is 1. The van der Waals surface area contributed by atoms with Crippen LogP contribution in [0.5, 0.6) is 0 Å². The van der Waals surface area contributed by atoms with Crippen LogP contribution in [-0.2, 0) is 4.74 Å². The number of carbonyl (C=O) groups excluding carboxylic acids is 1. The molecule has 0 amide bonds. The Balaban J connectivity index is 2.13. The van der Waals surface area contributed by atoms with Gasteiger partial charge in [0.15, 0.2) is 0 Å². The van der Waals surface area contributed by atoms with Crippen molar-refractivity contribution in [1.82, 2.24) is 9.55 Å². The molecule has 1 N–H and O–H groups in total. The molecule has 0 saturated carbocycles. The second kappa shape index (κ2) is 6.09. The smallest absolute Gasteiger partial charge is 0.419 e. The van der Waals surface area contributed by atoms with E-state index in [0.29, 0.717) is 16.8 Å². The average Bonchev–Trinajstić information content (AvgIpc) is 2.93. The maximum absolute atomic E-state index is 12.7. The first-order valence-electron chi connectivity index (χ1n) is 7.78. The number of nitrogens with zero attached hydrogens (tertiary/aromatic N) is 2. The molecule has 0 aliphatic carbocycles. The lowest BCUT2D eigenvalue weighted by Crippen LogP contribution is -2.28. The summed E-state index contributed by atoms with van der Waals surface area (Å²) in [7, 11) is 0. The van der Waals surface area contributed by atoms with E-state index in [1.165, 1.54) is 4.57 Å². The lowest BCUT2D eigenvalue weighted by molar-refractivity contribution is 0.0528.